The number of likely N-dealkylation sites (tertiary alicyclic amines) is 1. The molecule has 0 bridgehead atoms. The number of hydrogen-bond acceptors (Lipinski definition) is 3. The van der Waals surface area contributed by atoms with E-state index in [1.54, 1.807) is 0 Å². The second kappa shape index (κ2) is 6.36. The average molecular weight is 251 g/mol. The SMILES string of the molecule is C1CCC2CN(CCN3CCNCC3)CCC2C1. The molecule has 1 N–H and O–H groups in total. The fourth-order valence-electron chi connectivity index (χ4n) is 4.10. The van der Waals surface area contributed by atoms with Crippen LogP contribution in [0.2, 0.25) is 0 Å². The minimum absolute atomic E-state index is 1.04. The van der Waals surface area contributed by atoms with Gasteiger partial charge in [0.2, 0.25) is 0 Å². The third-order valence-electron chi connectivity index (χ3n) is 5.32. The first-order chi connectivity index (χ1) is 8.92. The molecule has 3 aliphatic rings. The van der Waals surface area contributed by atoms with Gasteiger partial charge in [-0.05, 0) is 31.2 Å². The molecule has 3 heteroatoms. The van der Waals surface area contributed by atoms with Crippen molar-refractivity contribution in [3.8, 4) is 0 Å². The second-order valence-corrected chi connectivity index (χ2v) is 6.49. The summed E-state index contributed by atoms with van der Waals surface area (Å²) in [6, 6.07) is 0. The van der Waals surface area contributed by atoms with Crippen LogP contribution in [0.1, 0.15) is 32.1 Å². The molecule has 1 saturated carbocycles. The van der Waals surface area contributed by atoms with Crippen molar-refractivity contribution in [2.24, 2.45) is 11.8 Å². The van der Waals surface area contributed by atoms with Crippen molar-refractivity contribution < 1.29 is 0 Å². The van der Waals surface area contributed by atoms with Crippen molar-refractivity contribution in [2.45, 2.75) is 32.1 Å². The Kier molecular flexibility index (Phi) is 4.55. The van der Waals surface area contributed by atoms with E-state index < -0.39 is 0 Å². The molecular weight excluding hydrogens is 222 g/mol. The summed E-state index contributed by atoms with van der Waals surface area (Å²) in [6.45, 7) is 10.2. The summed E-state index contributed by atoms with van der Waals surface area (Å²) in [4.78, 5) is 5.37. The van der Waals surface area contributed by atoms with Crippen LogP contribution in [0.5, 0.6) is 0 Å². The van der Waals surface area contributed by atoms with Crippen LogP contribution < -0.4 is 5.32 Å². The predicted octanol–water partition coefficient (Wildman–Crippen LogP) is 1.40. The summed E-state index contributed by atoms with van der Waals surface area (Å²) < 4.78 is 0. The second-order valence-electron chi connectivity index (χ2n) is 6.49. The maximum absolute atomic E-state index is 3.43. The molecule has 0 aromatic rings. The van der Waals surface area contributed by atoms with Crippen LogP contribution in [0.25, 0.3) is 0 Å². The van der Waals surface area contributed by atoms with Gasteiger partial charge in [0.1, 0.15) is 0 Å². The maximum Gasteiger partial charge on any atom is 0.0110 e. The average Bonchev–Trinajstić information content (AvgIpc) is 2.46. The van der Waals surface area contributed by atoms with E-state index in [1.165, 1.54) is 84.5 Å². The summed E-state index contributed by atoms with van der Waals surface area (Å²) in [7, 11) is 0. The normalized spacial score (nSPS) is 35.3. The molecule has 2 atom stereocenters. The largest absolute Gasteiger partial charge is 0.314 e. The van der Waals surface area contributed by atoms with Crippen LogP contribution in [0.3, 0.4) is 0 Å². The lowest BCUT2D eigenvalue weighted by Crippen LogP contribution is -2.48. The highest BCUT2D eigenvalue weighted by atomic mass is 15.2. The van der Waals surface area contributed by atoms with E-state index in [4.69, 9.17) is 0 Å². The molecule has 0 aromatic heterocycles. The number of hydrogen-bond donors (Lipinski definition) is 1. The van der Waals surface area contributed by atoms with Crippen LogP contribution in [0.4, 0.5) is 0 Å². The third-order valence-corrected chi connectivity index (χ3v) is 5.32. The standard InChI is InChI=1S/C15H29N3/c1-2-4-15-13-18(8-5-14(15)3-1)12-11-17-9-6-16-7-10-17/h14-16H,1-13H2. The van der Waals surface area contributed by atoms with Gasteiger partial charge in [0.15, 0.2) is 0 Å². The zero-order valence-corrected chi connectivity index (χ0v) is 11.7. The summed E-state index contributed by atoms with van der Waals surface area (Å²) in [5.41, 5.74) is 0. The smallest absolute Gasteiger partial charge is 0.0110 e. The molecule has 3 nitrogen and oxygen atoms in total. The van der Waals surface area contributed by atoms with Crippen molar-refractivity contribution in [1.29, 1.82) is 0 Å². The van der Waals surface area contributed by atoms with Gasteiger partial charge in [-0.15, -0.1) is 0 Å². The third kappa shape index (κ3) is 3.25. The number of piperidine rings is 1. The minimum Gasteiger partial charge on any atom is -0.314 e. The lowest BCUT2D eigenvalue weighted by molar-refractivity contribution is 0.0768. The first-order valence-electron chi connectivity index (χ1n) is 8.07. The molecule has 0 aromatic carbocycles. The molecular formula is C15H29N3. The first-order valence-corrected chi connectivity index (χ1v) is 8.07. The lowest BCUT2D eigenvalue weighted by atomic mass is 9.75. The number of piperazine rings is 1. The fourth-order valence-corrected chi connectivity index (χ4v) is 4.10. The van der Waals surface area contributed by atoms with Gasteiger partial charge in [-0.1, -0.05) is 19.3 Å². The summed E-state index contributed by atoms with van der Waals surface area (Å²) in [5, 5.41) is 3.43. The molecule has 2 unspecified atom stereocenters. The van der Waals surface area contributed by atoms with E-state index in [9.17, 15) is 0 Å². The Morgan fingerprint density at radius 1 is 0.778 bits per heavy atom. The number of nitrogens with zero attached hydrogens (tertiary/aromatic N) is 2. The highest BCUT2D eigenvalue weighted by Gasteiger charge is 2.30. The maximum atomic E-state index is 3.43. The van der Waals surface area contributed by atoms with E-state index in [0.717, 1.165) is 11.8 Å². The molecule has 3 rings (SSSR count). The molecule has 18 heavy (non-hydrogen) atoms. The van der Waals surface area contributed by atoms with E-state index in [0.29, 0.717) is 0 Å². The van der Waals surface area contributed by atoms with Crippen molar-refractivity contribution >= 4 is 0 Å². The van der Waals surface area contributed by atoms with E-state index in [2.05, 4.69) is 15.1 Å². The van der Waals surface area contributed by atoms with Crippen molar-refractivity contribution in [2.75, 3.05) is 52.4 Å². The summed E-state index contributed by atoms with van der Waals surface area (Å²) >= 11 is 0. The molecule has 2 heterocycles. The Morgan fingerprint density at radius 3 is 2.33 bits per heavy atom. The van der Waals surface area contributed by atoms with Gasteiger partial charge in [0.25, 0.3) is 0 Å². The van der Waals surface area contributed by atoms with Gasteiger partial charge in [-0.2, -0.15) is 0 Å². The Bertz CT molecular complexity index is 250. The highest BCUT2D eigenvalue weighted by Crippen LogP contribution is 2.35. The quantitative estimate of drug-likeness (QED) is 0.818. The van der Waals surface area contributed by atoms with Crippen LogP contribution in [-0.4, -0.2) is 62.2 Å². The Morgan fingerprint density at radius 2 is 1.50 bits per heavy atom. The summed E-state index contributed by atoms with van der Waals surface area (Å²) in [5.74, 6) is 2.12. The van der Waals surface area contributed by atoms with Crippen LogP contribution >= 0.6 is 0 Å². The first kappa shape index (κ1) is 12.9. The predicted molar refractivity (Wildman–Crippen MR) is 75.8 cm³/mol. The zero-order chi connectivity index (χ0) is 12.2. The van der Waals surface area contributed by atoms with E-state index >= 15 is 0 Å². The van der Waals surface area contributed by atoms with Crippen LogP contribution in [0.15, 0.2) is 0 Å². The van der Waals surface area contributed by atoms with E-state index in [1.807, 2.05) is 0 Å². The number of fused-ring (bicyclic) bond motifs is 1. The van der Waals surface area contributed by atoms with Gasteiger partial charge in [-0.25, -0.2) is 0 Å². The fraction of sp³-hybridized carbons (Fsp3) is 1.00. The van der Waals surface area contributed by atoms with Crippen LogP contribution in [-0.2, 0) is 0 Å². The van der Waals surface area contributed by atoms with Gasteiger partial charge in [0.05, 0.1) is 0 Å². The Balaban J connectivity index is 1.40. The van der Waals surface area contributed by atoms with Crippen molar-refractivity contribution in [3.05, 3.63) is 0 Å². The monoisotopic (exact) mass is 251 g/mol. The van der Waals surface area contributed by atoms with Gasteiger partial charge >= 0.3 is 0 Å². The highest BCUT2D eigenvalue weighted by molar-refractivity contribution is 4.84. The van der Waals surface area contributed by atoms with Crippen molar-refractivity contribution in [1.82, 2.24) is 15.1 Å². The van der Waals surface area contributed by atoms with Gasteiger partial charge < -0.3 is 10.2 Å². The van der Waals surface area contributed by atoms with Crippen LogP contribution in [0, 0.1) is 11.8 Å². The number of nitrogens with one attached hydrogen (secondary N) is 1. The topological polar surface area (TPSA) is 18.5 Å². The van der Waals surface area contributed by atoms with Gasteiger partial charge in [0, 0.05) is 45.8 Å². The zero-order valence-electron chi connectivity index (χ0n) is 11.7. The van der Waals surface area contributed by atoms with Crippen molar-refractivity contribution in [3.63, 3.8) is 0 Å². The lowest BCUT2D eigenvalue weighted by Gasteiger charge is -2.42. The summed E-state index contributed by atoms with van der Waals surface area (Å²) in [6.07, 6.45) is 7.51. The molecule has 2 saturated heterocycles. The minimum atomic E-state index is 1.04. The molecule has 3 fully saturated rings. The van der Waals surface area contributed by atoms with E-state index in [-0.39, 0.29) is 0 Å². The molecule has 0 spiro atoms. The molecule has 104 valence electrons. The van der Waals surface area contributed by atoms with Gasteiger partial charge in [-0.3, -0.25) is 4.90 Å². The Labute approximate surface area is 112 Å². The molecule has 0 radical (unpaired) electrons. The molecule has 1 aliphatic carbocycles. The number of rotatable bonds is 3. The molecule has 2 aliphatic heterocycles. The molecule has 0 amide bonds. The Hall–Kier alpha value is -0.120.